The number of hydrogen-bond donors (Lipinski definition) is 4. The van der Waals surface area contributed by atoms with Crippen molar-refractivity contribution >= 4 is 50.0 Å². The summed E-state index contributed by atoms with van der Waals surface area (Å²) in [6.07, 6.45) is 8.24. The van der Waals surface area contributed by atoms with Gasteiger partial charge >= 0.3 is 14.5 Å². The van der Waals surface area contributed by atoms with E-state index in [4.69, 9.17) is 5.11 Å². The summed E-state index contributed by atoms with van der Waals surface area (Å²) >= 11 is 0. The molecule has 0 unspecified atom stereocenters. The molecule has 0 amide bonds. The van der Waals surface area contributed by atoms with Crippen LogP contribution in [-0.2, 0) is 32.1 Å². The molecule has 4 N–H and O–H groups in total. The number of rotatable bonds is 12. The third-order valence-corrected chi connectivity index (χ3v) is 12.9. The molecule has 5 nitrogen and oxygen atoms in total. The summed E-state index contributed by atoms with van der Waals surface area (Å²) in [4.78, 5) is 4.49. The molecular formula is C44H50B2F8NO4PZn-2. The third kappa shape index (κ3) is 20.4. The number of aliphatic hydroxyl groups excluding tert-OH is 2. The number of aliphatic hydroxyl groups is 2. The van der Waals surface area contributed by atoms with E-state index in [1.54, 1.807) is 24.4 Å². The summed E-state index contributed by atoms with van der Waals surface area (Å²) in [5.41, 5.74) is 2.73. The first kappa shape index (κ1) is 54.7. The molecule has 0 aliphatic carbocycles. The van der Waals surface area contributed by atoms with E-state index in [1.165, 1.54) is 21.5 Å². The number of aromatic hydroxyl groups is 2. The Bertz CT molecular complexity index is 1970. The van der Waals surface area contributed by atoms with Gasteiger partial charge in [-0.1, -0.05) is 98.5 Å². The Morgan fingerprint density at radius 3 is 1.34 bits per heavy atom. The van der Waals surface area contributed by atoms with Gasteiger partial charge in [-0.15, -0.1) is 11.6 Å². The van der Waals surface area contributed by atoms with Crippen molar-refractivity contribution in [3.05, 3.63) is 156 Å². The second kappa shape index (κ2) is 24.9. The second-order valence-electron chi connectivity index (χ2n) is 14.7. The van der Waals surface area contributed by atoms with Crippen molar-refractivity contribution < 1.29 is 74.4 Å². The van der Waals surface area contributed by atoms with Gasteiger partial charge in [0.25, 0.3) is 0 Å². The van der Waals surface area contributed by atoms with E-state index in [1.807, 2.05) is 52.0 Å². The van der Waals surface area contributed by atoms with Crippen molar-refractivity contribution in [2.45, 2.75) is 52.7 Å². The van der Waals surface area contributed by atoms with E-state index in [0.29, 0.717) is 5.56 Å². The average Bonchev–Trinajstić information content (AvgIpc) is 3.20. The van der Waals surface area contributed by atoms with Crippen LogP contribution < -0.4 is 15.9 Å². The first-order valence-corrected chi connectivity index (χ1v) is 20.7. The van der Waals surface area contributed by atoms with Gasteiger partial charge in [-0.25, -0.2) is 6.08 Å². The molecule has 0 saturated carbocycles. The van der Waals surface area contributed by atoms with Gasteiger partial charge in [0.15, 0.2) is 0 Å². The SMILES string of the molecule is CC(C)(CO)N=Cc1cc(C[P+](c2ccccc2)(c2ccccc2)c2ccccc2)ccc1O.CCc1ccc(O)c(C=[C-]C(C)(C)CO)c1.F[B-](F)(F)F.F[B-](F)(F)F.[Zn]. The van der Waals surface area contributed by atoms with Gasteiger partial charge in [0.05, 0.1) is 18.3 Å². The Labute approximate surface area is 366 Å². The molecule has 0 radical (unpaired) electrons. The number of aliphatic imine (C=N–C) groups is 1. The standard InChI is InChI=1S/C30H30NO2P.C14H19O2.2BF4.Zn/c1-30(2,23-32)31-21-25-20-24(18-19-29(25)33)22-34(26-12-6-3-7-13-26,27-14-8-4-9-15-27)28-16-10-5-11-17-28;1-4-11-5-6-13(16)12(9-11)7-8-14(2,3)10-15;2*2-1(3,4)5;/h3-21,32H,22-23H2,1-2H3;5-7,9,15-16H,4,10H2,1-3H3;;;/q;3*-1;/p+1. The summed E-state index contributed by atoms with van der Waals surface area (Å²) in [5.74, 6) is 0.433. The fraction of sp³-hybridized carbons (Fsp3) is 0.250. The minimum Gasteiger partial charge on any atom is -0.526 e. The molecule has 17 heteroatoms. The molecule has 5 rings (SSSR count). The molecule has 0 atom stereocenters. The number of phenols is 2. The van der Waals surface area contributed by atoms with Gasteiger partial charge < -0.3 is 55.0 Å². The predicted molar refractivity (Wildman–Crippen MR) is 232 cm³/mol. The molecule has 0 aliphatic heterocycles. The first-order chi connectivity index (χ1) is 27.9. The maximum absolute atomic E-state index is 10.5. The number of halogens is 8. The van der Waals surface area contributed by atoms with Crippen LogP contribution in [0.5, 0.6) is 11.5 Å². The Hall–Kier alpha value is -4.35. The third-order valence-electron chi connectivity index (χ3n) is 8.56. The zero-order valence-corrected chi connectivity index (χ0v) is 38.5. The van der Waals surface area contributed by atoms with Crippen LogP contribution in [0.2, 0.25) is 0 Å². The quantitative estimate of drug-likeness (QED) is 0.0330. The molecule has 0 fully saturated rings. The van der Waals surface area contributed by atoms with Crippen molar-refractivity contribution in [2.24, 2.45) is 10.4 Å². The zero-order chi connectivity index (χ0) is 45.2. The van der Waals surface area contributed by atoms with Crippen LogP contribution in [0.3, 0.4) is 0 Å². The zero-order valence-electron chi connectivity index (χ0n) is 34.7. The molecule has 0 saturated heterocycles. The van der Waals surface area contributed by atoms with Crippen LogP contribution in [0.25, 0.3) is 6.08 Å². The topological polar surface area (TPSA) is 93.3 Å². The van der Waals surface area contributed by atoms with Crippen LogP contribution in [-0.4, -0.2) is 59.9 Å². The van der Waals surface area contributed by atoms with Crippen LogP contribution in [0.15, 0.2) is 132 Å². The Balaban J connectivity index is 0.000000570. The molecule has 0 aliphatic rings. The van der Waals surface area contributed by atoms with Gasteiger partial charge in [0, 0.05) is 43.6 Å². The second-order valence-corrected chi connectivity index (χ2v) is 18.1. The summed E-state index contributed by atoms with van der Waals surface area (Å²) in [6.45, 7) is 9.56. The minimum absolute atomic E-state index is 0. The maximum atomic E-state index is 10.5. The average molecular weight is 927 g/mol. The maximum Gasteiger partial charge on any atom is 0.673 e. The smallest absolute Gasteiger partial charge is 0.526 e. The van der Waals surface area contributed by atoms with Crippen molar-refractivity contribution in [1.82, 2.24) is 0 Å². The van der Waals surface area contributed by atoms with Crippen molar-refractivity contribution in [3.63, 3.8) is 0 Å². The van der Waals surface area contributed by atoms with E-state index in [-0.39, 0.29) is 49.6 Å². The van der Waals surface area contributed by atoms with E-state index in [9.17, 15) is 49.8 Å². The minimum atomic E-state index is -6.00. The van der Waals surface area contributed by atoms with Gasteiger partial charge in [-0.3, -0.25) is 11.1 Å². The summed E-state index contributed by atoms with van der Waals surface area (Å²) in [5, 5.41) is 42.8. The molecule has 0 bridgehead atoms. The molecule has 5 aromatic rings. The van der Waals surface area contributed by atoms with Crippen molar-refractivity contribution in [1.29, 1.82) is 0 Å². The Morgan fingerprint density at radius 2 is 0.967 bits per heavy atom. The fourth-order valence-corrected chi connectivity index (χ4v) is 9.62. The molecule has 0 heterocycles. The van der Waals surface area contributed by atoms with Crippen LogP contribution in [0, 0.1) is 11.5 Å². The molecular weight excluding hydrogens is 876 g/mol. The van der Waals surface area contributed by atoms with E-state index in [0.717, 1.165) is 23.7 Å². The number of phenolic OH excluding ortho intramolecular Hbond substituents is 2. The van der Waals surface area contributed by atoms with E-state index < -0.39 is 27.3 Å². The van der Waals surface area contributed by atoms with Crippen LogP contribution in [0.4, 0.5) is 34.5 Å². The van der Waals surface area contributed by atoms with Crippen LogP contribution >= 0.6 is 7.26 Å². The molecule has 0 spiro atoms. The summed E-state index contributed by atoms with van der Waals surface area (Å²) in [6, 6.07) is 43.6. The molecule has 326 valence electrons. The monoisotopic (exact) mass is 925 g/mol. The first-order valence-electron chi connectivity index (χ1n) is 18.7. The van der Waals surface area contributed by atoms with Gasteiger partial charge in [-0.05, 0) is 80.4 Å². The van der Waals surface area contributed by atoms with Gasteiger partial charge in [0.1, 0.15) is 28.9 Å². The van der Waals surface area contributed by atoms with E-state index in [2.05, 4.69) is 109 Å². The van der Waals surface area contributed by atoms with Crippen molar-refractivity contribution in [3.8, 4) is 11.5 Å². The van der Waals surface area contributed by atoms with Gasteiger partial charge in [0.2, 0.25) is 0 Å². The summed E-state index contributed by atoms with van der Waals surface area (Å²) < 4.78 is 78.0. The molecule has 61 heavy (non-hydrogen) atoms. The number of hydrogen-bond acceptors (Lipinski definition) is 5. The number of benzene rings is 5. The largest absolute Gasteiger partial charge is 0.673 e. The van der Waals surface area contributed by atoms with Crippen LogP contribution in [0.1, 0.15) is 56.9 Å². The summed E-state index contributed by atoms with van der Waals surface area (Å²) in [7, 11) is -14.0. The Morgan fingerprint density at radius 1 is 0.590 bits per heavy atom. The number of nitrogens with zero attached hydrogens (tertiary/aromatic N) is 1. The van der Waals surface area contributed by atoms with E-state index >= 15 is 0 Å². The molecule has 5 aromatic carbocycles. The molecule has 0 aromatic heterocycles. The fourth-order valence-electron chi connectivity index (χ4n) is 5.39. The van der Waals surface area contributed by atoms with Crippen molar-refractivity contribution in [2.75, 3.05) is 13.2 Å². The normalized spacial score (nSPS) is 12.0. The van der Waals surface area contributed by atoms with Gasteiger partial charge in [-0.2, -0.15) is 0 Å². The predicted octanol–water partition coefficient (Wildman–Crippen LogP) is 10.5. The Kier molecular flexibility index (Phi) is 22.3. The number of aryl methyl sites for hydroxylation is 1.